The minimum atomic E-state index is -0.309. The van der Waals surface area contributed by atoms with Gasteiger partial charge >= 0.3 is 5.97 Å². The third kappa shape index (κ3) is 5.14. The lowest BCUT2D eigenvalue weighted by molar-refractivity contribution is -0.155. The molecule has 1 aliphatic rings. The molecule has 0 aromatic rings. The third-order valence-corrected chi connectivity index (χ3v) is 2.45. The van der Waals surface area contributed by atoms with E-state index in [1.807, 2.05) is 13.8 Å². The number of esters is 1. The van der Waals surface area contributed by atoms with Crippen molar-refractivity contribution >= 4 is 5.97 Å². The maximum atomic E-state index is 11.2. The van der Waals surface area contributed by atoms with E-state index >= 15 is 0 Å². The molecular formula is C11H20O4. The lowest BCUT2D eigenvalue weighted by atomic mass is 9.95. The van der Waals surface area contributed by atoms with Crippen molar-refractivity contribution in [2.75, 3.05) is 6.61 Å². The van der Waals surface area contributed by atoms with Crippen molar-refractivity contribution in [2.45, 2.75) is 57.8 Å². The summed E-state index contributed by atoms with van der Waals surface area (Å²) in [5, 5.41) is 9.28. The van der Waals surface area contributed by atoms with Crippen LogP contribution in [0, 0.1) is 0 Å². The molecule has 0 spiro atoms. The van der Waals surface area contributed by atoms with Crippen LogP contribution < -0.4 is 0 Å². The van der Waals surface area contributed by atoms with Gasteiger partial charge in [0.15, 0.2) is 0 Å². The van der Waals surface area contributed by atoms with Gasteiger partial charge in [-0.1, -0.05) is 0 Å². The van der Waals surface area contributed by atoms with Crippen LogP contribution in [-0.2, 0) is 14.3 Å². The molecule has 0 radical (unpaired) electrons. The van der Waals surface area contributed by atoms with Gasteiger partial charge in [0.1, 0.15) is 6.61 Å². The molecule has 1 saturated carbocycles. The van der Waals surface area contributed by atoms with E-state index in [4.69, 9.17) is 9.47 Å². The first kappa shape index (κ1) is 12.5. The van der Waals surface area contributed by atoms with Gasteiger partial charge in [0.2, 0.25) is 0 Å². The van der Waals surface area contributed by atoms with Crippen molar-refractivity contribution in [3.8, 4) is 0 Å². The van der Waals surface area contributed by atoms with Crippen molar-refractivity contribution in [1.82, 2.24) is 0 Å². The van der Waals surface area contributed by atoms with Crippen LogP contribution in [0.3, 0.4) is 0 Å². The van der Waals surface area contributed by atoms with E-state index in [0.717, 1.165) is 25.7 Å². The van der Waals surface area contributed by atoms with Crippen LogP contribution in [0.25, 0.3) is 0 Å². The summed E-state index contributed by atoms with van der Waals surface area (Å²) in [5.74, 6) is -0.309. The highest BCUT2D eigenvalue weighted by Gasteiger charge is 2.20. The zero-order valence-electron chi connectivity index (χ0n) is 9.44. The molecule has 0 amide bonds. The molecule has 88 valence electrons. The Morgan fingerprint density at radius 2 is 1.93 bits per heavy atom. The second-order valence-corrected chi connectivity index (χ2v) is 4.28. The van der Waals surface area contributed by atoms with Crippen LogP contribution >= 0.6 is 0 Å². The molecule has 0 atom stereocenters. The smallest absolute Gasteiger partial charge is 0.332 e. The Kier molecular flexibility index (Phi) is 5.05. The summed E-state index contributed by atoms with van der Waals surface area (Å²) in [5.41, 5.74) is 0. The van der Waals surface area contributed by atoms with Crippen molar-refractivity contribution in [3.05, 3.63) is 0 Å². The minimum Gasteiger partial charge on any atom is -0.461 e. The molecule has 1 aliphatic carbocycles. The molecule has 0 heterocycles. The SMILES string of the molecule is CC(C)OC(=O)COC1CCC(O)CC1. The molecule has 0 saturated heterocycles. The number of rotatable bonds is 4. The van der Waals surface area contributed by atoms with Gasteiger partial charge in [0.25, 0.3) is 0 Å². The number of ether oxygens (including phenoxy) is 2. The summed E-state index contributed by atoms with van der Waals surface area (Å²) in [6.07, 6.45) is 3.02. The van der Waals surface area contributed by atoms with Gasteiger partial charge in [0.05, 0.1) is 18.3 Å². The van der Waals surface area contributed by atoms with Crippen molar-refractivity contribution in [3.63, 3.8) is 0 Å². The summed E-state index contributed by atoms with van der Waals surface area (Å²) >= 11 is 0. The molecule has 0 aromatic carbocycles. The number of carbonyl (C=O) groups excluding carboxylic acids is 1. The lowest BCUT2D eigenvalue weighted by Crippen LogP contribution is -2.27. The highest BCUT2D eigenvalue weighted by atomic mass is 16.6. The van der Waals surface area contributed by atoms with Gasteiger partial charge in [-0.25, -0.2) is 4.79 Å². The maximum Gasteiger partial charge on any atom is 0.332 e. The van der Waals surface area contributed by atoms with Gasteiger partial charge in [-0.2, -0.15) is 0 Å². The van der Waals surface area contributed by atoms with Crippen LogP contribution in [0.2, 0.25) is 0 Å². The third-order valence-electron chi connectivity index (χ3n) is 2.45. The summed E-state index contributed by atoms with van der Waals surface area (Å²) in [6.45, 7) is 3.66. The molecule has 4 nitrogen and oxygen atoms in total. The average Bonchev–Trinajstić information content (AvgIpc) is 2.16. The molecule has 15 heavy (non-hydrogen) atoms. The average molecular weight is 216 g/mol. The Hall–Kier alpha value is -0.610. The topological polar surface area (TPSA) is 55.8 Å². The van der Waals surface area contributed by atoms with Gasteiger partial charge < -0.3 is 14.6 Å². The fourth-order valence-corrected chi connectivity index (χ4v) is 1.69. The first-order valence-electron chi connectivity index (χ1n) is 5.57. The molecule has 4 heteroatoms. The van der Waals surface area contributed by atoms with Gasteiger partial charge in [-0.05, 0) is 39.5 Å². The highest BCUT2D eigenvalue weighted by molar-refractivity contribution is 5.70. The van der Waals surface area contributed by atoms with Gasteiger partial charge in [0, 0.05) is 0 Å². The van der Waals surface area contributed by atoms with Gasteiger partial charge in [-0.15, -0.1) is 0 Å². The standard InChI is InChI=1S/C11H20O4/c1-8(2)15-11(13)7-14-10-5-3-9(12)4-6-10/h8-10,12H,3-7H2,1-2H3. The Bertz CT molecular complexity index is 195. The van der Waals surface area contributed by atoms with Crippen LogP contribution in [0.1, 0.15) is 39.5 Å². The first-order chi connectivity index (χ1) is 7.08. The molecule has 0 aromatic heterocycles. The van der Waals surface area contributed by atoms with E-state index in [0.29, 0.717) is 0 Å². The zero-order valence-corrected chi connectivity index (χ0v) is 9.44. The van der Waals surface area contributed by atoms with Crippen LogP contribution in [0.15, 0.2) is 0 Å². The van der Waals surface area contributed by atoms with Crippen molar-refractivity contribution in [1.29, 1.82) is 0 Å². The Morgan fingerprint density at radius 1 is 1.33 bits per heavy atom. The summed E-state index contributed by atoms with van der Waals surface area (Å²) in [7, 11) is 0. The monoisotopic (exact) mass is 216 g/mol. The van der Waals surface area contributed by atoms with E-state index in [2.05, 4.69) is 0 Å². The number of hydrogen-bond acceptors (Lipinski definition) is 4. The second kappa shape index (κ2) is 6.08. The van der Waals surface area contributed by atoms with Crippen LogP contribution in [0.4, 0.5) is 0 Å². The van der Waals surface area contributed by atoms with E-state index in [1.165, 1.54) is 0 Å². The minimum absolute atomic E-state index is 0.0267. The van der Waals surface area contributed by atoms with E-state index in [9.17, 15) is 9.90 Å². The maximum absolute atomic E-state index is 11.2. The Labute approximate surface area is 90.6 Å². The summed E-state index contributed by atoms with van der Waals surface area (Å²) in [4.78, 5) is 11.2. The fourth-order valence-electron chi connectivity index (χ4n) is 1.69. The number of carbonyl (C=O) groups is 1. The van der Waals surface area contributed by atoms with Crippen molar-refractivity contribution < 1.29 is 19.4 Å². The van der Waals surface area contributed by atoms with E-state index < -0.39 is 0 Å². The number of aliphatic hydroxyl groups is 1. The largest absolute Gasteiger partial charge is 0.461 e. The number of aliphatic hydroxyl groups excluding tert-OH is 1. The molecule has 0 unspecified atom stereocenters. The number of hydrogen-bond donors (Lipinski definition) is 1. The van der Waals surface area contributed by atoms with Crippen molar-refractivity contribution in [2.24, 2.45) is 0 Å². The summed E-state index contributed by atoms with van der Waals surface area (Å²) in [6, 6.07) is 0. The molecule has 1 fully saturated rings. The van der Waals surface area contributed by atoms with Gasteiger partial charge in [-0.3, -0.25) is 0 Å². The van der Waals surface area contributed by atoms with Crippen LogP contribution in [-0.4, -0.2) is 36.0 Å². The Balaban J connectivity index is 2.12. The predicted molar refractivity (Wildman–Crippen MR) is 55.4 cm³/mol. The molecule has 0 bridgehead atoms. The molecule has 1 N–H and O–H groups in total. The van der Waals surface area contributed by atoms with Crippen LogP contribution in [0.5, 0.6) is 0 Å². The first-order valence-corrected chi connectivity index (χ1v) is 5.57. The summed E-state index contributed by atoms with van der Waals surface area (Å²) < 4.78 is 10.4. The normalized spacial score (nSPS) is 26.7. The molecule has 0 aliphatic heterocycles. The predicted octanol–water partition coefficient (Wildman–Crippen LogP) is 1.26. The fraction of sp³-hybridized carbons (Fsp3) is 0.909. The second-order valence-electron chi connectivity index (χ2n) is 4.28. The molecule has 1 rings (SSSR count). The quantitative estimate of drug-likeness (QED) is 0.719. The molecular weight excluding hydrogens is 196 g/mol. The van der Waals surface area contributed by atoms with E-state index in [1.54, 1.807) is 0 Å². The highest BCUT2D eigenvalue weighted by Crippen LogP contribution is 2.20. The Morgan fingerprint density at radius 3 is 2.47 bits per heavy atom. The van der Waals surface area contributed by atoms with E-state index in [-0.39, 0.29) is 30.9 Å². The zero-order chi connectivity index (χ0) is 11.3. The lowest BCUT2D eigenvalue weighted by Gasteiger charge is -2.25.